The molecule has 0 atom stereocenters. The maximum atomic E-state index is 6.57. The molecule has 0 amide bonds. The third kappa shape index (κ3) is 12.9. The smallest absolute Gasteiger partial charge is 0.125 e. The standard InChI is InChI=1S/C86H88N2O8/c1-49(2)89-63-37-59(38-64(45-63)90-50(3)4)87(60-39-65(91-51(5)6)46-66(40-60)92-52(7)8)77-35-33-75-81-71(77)29-23-31-73(81)83-79(57-25-19-17-20-26-57)86-76-34-36-78(72-30-24-32-74(82(72)76)84(86)80(85(75)83)58-27-21-18-22-28-58)88(61-41-67(93-53(9)10)47-68(42-61)94-54(11)12)62-43-69(95-55(13)14)48-70(44-62)96-56(15)16/h17-56H,1-16H3. The summed E-state index contributed by atoms with van der Waals surface area (Å²) in [5, 5.41) is 13.8. The van der Waals surface area contributed by atoms with E-state index in [1.165, 1.54) is 32.7 Å². The summed E-state index contributed by atoms with van der Waals surface area (Å²) in [5.41, 5.74) is 9.97. The van der Waals surface area contributed by atoms with Gasteiger partial charge in [0.15, 0.2) is 0 Å². The zero-order chi connectivity index (χ0) is 67.4. The van der Waals surface area contributed by atoms with Crippen molar-refractivity contribution in [3.05, 3.63) is 194 Å². The van der Waals surface area contributed by atoms with Crippen molar-refractivity contribution in [1.29, 1.82) is 0 Å². The molecule has 0 unspecified atom stereocenters. The van der Waals surface area contributed by atoms with Gasteiger partial charge in [-0.1, -0.05) is 109 Å². The molecule has 0 aliphatic heterocycles. The quantitative estimate of drug-likeness (QED) is 0.0584. The summed E-state index contributed by atoms with van der Waals surface area (Å²) in [4.78, 5) is 4.64. The first-order valence-electron chi connectivity index (χ1n) is 34.2. The fourth-order valence-corrected chi connectivity index (χ4v) is 13.9. The number of rotatable bonds is 24. The fourth-order valence-electron chi connectivity index (χ4n) is 13.9. The Morgan fingerprint density at radius 3 is 0.656 bits per heavy atom. The molecule has 96 heavy (non-hydrogen) atoms. The summed E-state index contributed by atoms with van der Waals surface area (Å²) in [6.45, 7) is 32.9. The van der Waals surface area contributed by atoms with Crippen LogP contribution in [0.5, 0.6) is 46.0 Å². The molecule has 13 rings (SSSR count). The average Bonchev–Trinajstić information content (AvgIpc) is 1.51. The van der Waals surface area contributed by atoms with Gasteiger partial charge in [0.05, 0.1) is 83.0 Å². The van der Waals surface area contributed by atoms with E-state index >= 15 is 0 Å². The minimum atomic E-state index is -0.0860. The van der Waals surface area contributed by atoms with E-state index in [-0.39, 0.29) is 48.8 Å². The van der Waals surface area contributed by atoms with Crippen molar-refractivity contribution in [2.45, 2.75) is 160 Å². The van der Waals surface area contributed by atoms with E-state index in [9.17, 15) is 0 Å². The number of ether oxygens (including phenoxy) is 8. The van der Waals surface area contributed by atoms with Crippen LogP contribution in [0.25, 0.3) is 86.9 Å². The first-order chi connectivity index (χ1) is 46.1. The number of hydrogen-bond acceptors (Lipinski definition) is 10. The van der Waals surface area contributed by atoms with Gasteiger partial charge in [-0.15, -0.1) is 0 Å². The van der Waals surface area contributed by atoms with Gasteiger partial charge >= 0.3 is 0 Å². The Balaban J connectivity index is 1.15. The van der Waals surface area contributed by atoms with E-state index in [2.05, 4.69) is 290 Å². The van der Waals surface area contributed by atoms with Gasteiger partial charge in [-0.05, 0) is 199 Å². The van der Waals surface area contributed by atoms with Gasteiger partial charge < -0.3 is 47.7 Å². The first-order valence-corrected chi connectivity index (χ1v) is 34.2. The lowest BCUT2D eigenvalue weighted by molar-refractivity contribution is 0.228. The third-order valence-electron chi connectivity index (χ3n) is 16.7. The average molecular weight is 1280 g/mol. The highest BCUT2D eigenvalue weighted by molar-refractivity contribution is 6.47. The lowest BCUT2D eigenvalue weighted by Crippen LogP contribution is -2.14. The molecule has 10 heteroatoms. The Morgan fingerprint density at radius 2 is 0.427 bits per heavy atom. The maximum absolute atomic E-state index is 6.57. The molecule has 0 aromatic heterocycles. The van der Waals surface area contributed by atoms with Crippen LogP contribution in [0.15, 0.2) is 194 Å². The molecule has 0 fully saturated rings. The van der Waals surface area contributed by atoms with E-state index in [0.717, 1.165) is 88.3 Å². The van der Waals surface area contributed by atoms with Gasteiger partial charge in [0, 0.05) is 83.6 Å². The molecule has 0 N–H and O–H groups in total. The summed E-state index contributed by atoms with van der Waals surface area (Å²) in [6, 6.07) is 69.9. The number of anilines is 6. The number of fused-ring (bicyclic) bond motifs is 6. The van der Waals surface area contributed by atoms with Crippen LogP contribution in [0.3, 0.4) is 0 Å². The number of benzene rings is 11. The Labute approximate surface area is 565 Å². The highest BCUT2D eigenvalue weighted by Gasteiger charge is 2.31. The zero-order valence-electron chi connectivity index (χ0n) is 58.3. The van der Waals surface area contributed by atoms with Gasteiger partial charge in [-0.2, -0.15) is 0 Å². The summed E-state index contributed by atoms with van der Waals surface area (Å²) < 4.78 is 52.5. The molecule has 0 heterocycles. The largest absolute Gasteiger partial charge is 0.491 e. The normalized spacial score (nSPS) is 12.1. The molecule has 0 saturated carbocycles. The molecule has 0 spiro atoms. The summed E-state index contributed by atoms with van der Waals surface area (Å²) in [7, 11) is 0. The molecule has 13 aromatic carbocycles. The van der Waals surface area contributed by atoms with Crippen LogP contribution in [0.1, 0.15) is 111 Å². The molecule has 0 saturated heterocycles. The predicted molar refractivity (Wildman–Crippen MR) is 400 cm³/mol. The molecular formula is C86H88N2O8. The van der Waals surface area contributed by atoms with Crippen molar-refractivity contribution < 1.29 is 37.9 Å². The summed E-state index contributed by atoms with van der Waals surface area (Å²) >= 11 is 0. The third-order valence-corrected chi connectivity index (χ3v) is 16.7. The lowest BCUT2D eigenvalue weighted by Gasteiger charge is -2.29. The molecule has 490 valence electrons. The van der Waals surface area contributed by atoms with E-state index in [4.69, 9.17) is 37.9 Å². The molecule has 0 bridgehead atoms. The van der Waals surface area contributed by atoms with Crippen LogP contribution in [-0.2, 0) is 0 Å². The van der Waals surface area contributed by atoms with E-state index < -0.39 is 0 Å². The van der Waals surface area contributed by atoms with Gasteiger partial charge in [0.25, 0.3) is 0 Å². The number of hydrogen-bond donors (Lipinski definition) is 0. The highest BCUT2D eigenvalue weighted by atomic mass is 16.5. The Hall–Kier alpha value is -10.1. The van der Waals surface area contributed by atoms with Crippen LogP contribution in [0.4, 0.5) is 34.1 Å². The Morgan fingerprint density at radius 1 is 0.208 bits per heavy atom. The highest BCUT2D eigenvalue weighted by Crippen LogP contribution is 2.58. The second-order valence-electron chi connectivity index (χ2n) is 27.4. The van der Waals surface area contributed by atoms with Crippen molar-refractivity contribution in [2.24, 2.45) is 0 Å². The van der Waals surface area contributed by atoms with Crippen molar-refractivity contribution in [1.82, 2.24) is 0 Å². The van der Waals surface area contributed by atoms with E-state index in [1.54, 1.807) is 0 Å². The van der Waals surface area contributed by atoms with E-state index in [1.807, 2.05) is 24.3 Å². The molecule has 0 aliphatic rings. The van der Waals surface area contributed by atoms with Gasteiger partial charge in [-0.3, -0.25) is 0 Å². The van der Waals surface area contributed by atoms with Crippen LogP contribution < -0.4 is 47.7 Å². The predicted octanol–water partition coefficient (Wildman–Crippen LogP) is 24.1. The van der Waals surface area contributed by atoms with Crippen LogP contribution in [0.2, 0.25) is 0 Å². The van der Waals surface area contributed by atoms with Gasteiger partial charge in [-0.25, -0.2) is 0 Å². The van der Waals surface area contributed by atoms with Crippen molar-refractivity contribution in [3.8, 4) is 68.2 Å². The van der Waals surface area contributed by atoms with Crippen LogP contribution in [0, 0.1) is 0 Å². The molecule has 10 nitrogen and oxygen atoms in total. The van der Waals surface area contributed by atoms with Gasteiger partial charge in [0.2, 0.25) is 0 Å². The Kier molecular flexibility index (Phi) is 17.9. The molecule has 0 radical (unpaired) electrons. The van der Waals surface area contributed by atoms with Crippen molar-refractivity contribution in [3.63, 3.8) is 0 Å². The lowest BCUT2D eigenvalue weighted by atomic mass is 9.87. The van der Waals surface area contributed by atoms with Crippen LogP contribution >= 0.6 is 0 Å². The van der Waals surface area contributed by atoms with Gasteiger partial charge in [0.1, 0.15) is 46.0 Å². The maximum Gasteiger partial charge on any atom is 0.125 e. The minimum Gasteiger partial charge on any atom is -0.491 e. The van der Waals surface area contributed by atoms with Crippen molar-refractivity contribution >= 4 is 98.8 Å². The first kappa shape index (κ1) is 64.6. The summed E-state index contributed by atoms with van der Waals surface area (Å²) in [6.07, 6.45) is -0.688. The molecular weight excluding hydrogens is 1190 g/mol. The summed E-state index contributed by atoms with van der Waals surface area (Å²) in [5.74, 6) is 5.60. The fraction of sp³-hybridized carbons (Fsp3) is 0.279. The SMILES string of the molecule is CC(C)Oc1cc(OC(C)C)cc(N(c2cc(OC(C)C)cc(OC(C)C)c2)c2ccc3c4c(-c5ccccc5)c5c6cccc7c(N(c8cc(OC(C)C)cc(OC(C)C)c8)c8cc(OC(C)C)cc(OC(C)C)c8)ccc(c5c(-c5ccccc5)c4c4cccc2c43)c76)c1. The zero-order valence-corrected chi connectivity index (χ0v) is 58.3. The monoisotopic (exact) mass is 1280 g/mol. The minimum absolute atomic E-state index is 0.0860. The van der Waals surface area contributed by atoms with Crippen LogP contribution in [-0.4, -0.2) is 48.8 Å². The molecule has 13 aromatic rings. The second-order valence-corrected chi connectivity index (χ2v) is 27.4. The molecule has 0 aliphatic carbocycles. The van der Waals surface area contributed by atoms with Crippen molar-refractivity contribution in [2.75, 3.05) is 9.80 Å². The number of nitrogens with zero attached hydrogens (tertiary/aromatic N) is 2. The van der Waals surface area contributed by atoms with E-state index in [0.29, 0.717) is 46.0 Å². The topological polar surface area (TPSA) is 80.3 Å². The Bertz CT molecular complexity index is 4320. The second kappa shape index (κ2) is 26.6.